The smallest absolute Gasteiger partial charge is 0.462 e. The number of carbonyl (C=O) groups excluding carboxylic acids is 2. The summed E-state index contributed by atoms with van der Waals surface area (Å²) in [5.41, 5.74) is 0. The number of hydrogen-bond acceptors (Lipinski definition) is 7. The van der Waals surface area contributed by atoms with E-state index in [1.807, 2.05) is 21.1 Å². The molecule has 472 valence electrons. The number of unbranched alkanes of at least 4 members (excludes halogenated alkanes) is 45. The first kappa shape index (κ1) is 78.2. The van der Waals surface area contributed by atoms with E-state index in [-0.39, 0.29) is 25.6 Å². The molecule has 0 heterocycles. The lowest BCUT2D eigenvalue weighted by Crippen LogP contribution is -2.37. The van der Waals surface area contributed by atoms with Crippen LogP contribution in [0.25, 0.3) is 0 Å². The van der Waals surface area contributed by atoms with E-state index in [4.69, 9.17) is 18.5 Å². The van der Waals surface area contributed by atoms with E-state index < -0.39 is 26.5 Å². The van der Waals surface area contributed by atoms with E-state index in [1.54, 1.807) is 0 Å². The fourth-order valence-corrected chi connectivity index (χ4v) is 11.1. The number of hydrogen-bond donors (Lipinski definition) is 1. The Hall–Kier alpha value is -1.77. The molecule has 9 nitrogen and oxygen atoms in total. The maximum Gasteiger partial charge on any atom is 0.472 e. The molecule has 0 fully saturated rings. The zero-order valence-corrected chi connectivity index (χ0v) is 54.7. The normalized spacial score (nSPS) is 13.3. The summed E-state index contributed by atoms with van der Waals surface area (Å²) in [5, 5.41) is 0. The fourth-order valence-electron chi connectivity index (χ4n) is 10.3. The minimum Gasteiger partial charge on any atom is -0.462 e. The van der Waals surface area contributed by atoms with Crippen LogP contribution in [0.2, 0.25) is 0 Å². The van der Waals surface area contributed by atoms with Gasteiger partial charge in [0.15, 0.2) is 6.10 Å². The Bertz CT molecular complexity index is 1440. The van der Waals surface area contributed by atoms with Crippen molar-refractivity contribution in [3.63, 3.8) is 0 Å². The third-order valence-electron chi connectivity index (χ3n) is 15.7. The van der Waals surface area contributed by atoms with Gasteiger partial charge in [-0.15, -0.1) is 0 Å². The van der Waals surface area contributed by atoms with Crippen molar-refractivity contribution in [1.29, 1.82) is 0 Å². The minimum absolute atomic E-state index is 0.0301. The molecule has 0 spiro atoms. The monoisotopic (exact) mass is 1150 g/mol. The predicted octanol–water partition coefficient (Wildman–Crippen LogP) is 22.3. The summed E-state index contributed by atoms with van der Waals surface area (Å²) in [6.07, 6.45) is 78.4. The number of ether oxygens (including phenoxy) is 2. The highest BCUT2D eigenvalue weighted by molar-refractivity contribution is 7.47. The number of quaternary nitrogens is 1. The molecule has 2 atom stereocenters. The third kappa shape index (κ3) is 65.4. The van der Waals surface area contributed by atoms with Gasteiger partial charge < -0.3 is 18.9 Å². The third-order valence-corrected chi connectivity index (χ3v) is 16.7. The van der Waals surface area contributed by atoms with Gasteiger partial charge >= 0.3 is 19.8 Å². The Balaban J connectivity index is 3.91. The second-order valence-electron chi connectivity index (χ2n) is 24.9. The lowest BCUT2D eigenvalue weighted by atomic mass is 10.0. The molecule has 0 rings (SSSR count). The van der Waals surface area contributed by atoms with E-state index in [0.29, 0.717) is 23.9 Å². The Morgan fingerprint density at radius 2 is 0.675 bits per heavy atom. The Morgan fingerprint density at radius 3 is 1.02 bits per heavy atom. The summed E-state index contributed by atoms with van der Waals surface area (Å²) < 4.78 is 34.6. The van der Waals surface area contributed by atoms with Crippen molar-refractivity contribution >= 4 is 19.8 Å². The topological polar surface area (TPSA) is 108 Å². The maximum atomic E-state index is 12.8. The largest absolute Gasteiger partial charge is 0.472 e. The minimum atomic E-state index is -4.39. The number of esters is 2. The van der Waals surface area contributed by atoms with Crippen LogP contribution >= 0.6 is 7.82 Å². The number of phosphoric ester groups is 1. The van der Waals surface area contributed by atoms with Crippen molar-refractivity contribution in [2.24, 2.45) is 0 Å². The van der Waals surface area contributed by atoms with Gasteiger partial charge in [-0.2, -0.15) is 0 Å². The second kappa shape index (κ2) is 61.8. The standard InChI is InChI=1S/C70H134NO8P/c1-6-8-10-12-14-16-18-20-22-24-26-27-28-29-30-31-32-33-34-35-36-37-38-39-40-41-42-43-45-46-48-50-52-54-56-58-60-62-69(72)76-66-68(67-78-80(74,75)77-65-64-71(3,4)5)79-70(73)63-61-59-57-55-53-51-49-47-44-25-23-21-19-17-15-13-11-9-7-2/h15,17,21,23,44,47,68H,6-14,16,18-20,22,24-43,45-46,48-67H2,1-5H3/p+1/b17-15-,23-21-,47-44-. The molecule has 0 amide bonds. The highest BCUT2D eigenvalue weighted by atomic mass is 31.2. The summed E-state index contributed by atoms with van der Waals surface area (Å²) in [6, 6.07) is 0. The molecule has 2 unspecified atom stereocenters. The van der Waals surface area contributed by atoms with Crippen LogP contribution < -0.4 is 0 Å². The van der Waals surface area contributed by atoms with E-state index >= 15 is 0 Å². The molecule has 0 aromatic rings. The van der Waals surface area contributed by atoms with Gasteiger partial charge in [-0.1, -0.05) is 320 Å². The van der Waals surface area contributed by atoms with Crippen molar-refractivity contribution in [3.05, 3.63) is 36.5 Å². The van der Waals surface area contributed by atoms with Crippen LogP contribution in [0.15, 0.2) is 36.5 Å². The quantitative estimate of drug-likeness (QED) is 0.0211. The van der Waals surface area contributed by atoms with Gasteiger partial charge in [-0.05, 0) is 51.4 Å². The highest BCUT2D eigenvalue weighted by Gasteiger charge is 2.27. The van der Waals surface area contributed by atoms with Gasteiger partial charge in [0.05, 0.1) is 27.7 Å². The van der Waals surface area contributed by atoms with Crippen LogP contribution in [-0.2, 0) is 32.7 Å². The second-order valence-corrected chi connectivity index (χ2v) is 26.4. The number of nitrogens with zero attached hydrogens (tertiary/aromatic N) is 1. The molecule has 80 heavy (non-hydrogen) atoms. The van der Waals surface area contributed by atoms with E-state index in [2.05, 4.69) is 50.3 Å². The van der Waals surface area contributed by atoms with Crippen molar-refractivity contribution in [2.75, 3.05) is 47.5 Å². The van der Waals surface area contributed by atoms with E-state index in [0.717, 1.165) is 70.6 Å². The van der Waals surface area contributed by atoms with Crippen LogP contribution in [-0.4, -0.2) is 74.9 Å². The summed E-state index contributed by atoms with van der Waals surface area (Å²) in [5.74, 6) is -0.796. The number of likely N-dealkylation sites (N-methyl/N-ethyl adjacent to an activating group) is 1. The van der Waals surface area contributed by atoms with Gasteiger partial charge in [0, 0.05) is 12.8 Å². The molecule has 1 N–H and O–H groups in total. The summed E-state index contributed by atoms with van der Waals surface area (Å²) >= 11 is 0. The zero-order chi connectivity index (χ0) is 58.4. The molecule has 0 saturated heterocycles. The average molecular weight is 1150 g/mol. The average Bonchev–Trinajstić information content (AvgIpc) is 3.42. The molecule has 0 aromatic heterocycles. The van der Waals surface area contributed by atoms with Crippen LogP contribution in [0.5, 0.6) is 0 Å². The number of phosphoric acid groups is 1. The predicted molar refractivity (Wildman–Crippen MR) is 344 cm³/mol. The Labute approximate surface area is 497 Å². The molecule has 10 heteroatoms. The van der Waals surface area contributed by atoms with Crippen LogP contribution in [0.4, 0.5) is 0 Å². The van der Waals surface area contributed by atoms with Crippen LogP contribution in [0.3, 0.4) is 0 Å². The maximum absolute atomic E-state index is 12.8. The summed E-state index contributed by atoms with van der Waals surface area (Å²) in [4.78, 5) is 35.8. The van der Waals surface area contributed by atoms with Gasteiger partial charge in [-0.25, -0.2) is 4.57 Å². The lowest BCUT2D eigenvalue weighted by molar-refractivity contribution is -0.870. The molecular formula is C70H135NO8P+. The molecule has 0 radical (unpaired) electrons. The molecule has 0 aliphatic heterocycles. The molecule has 0 bridgehead atoms. The van der Waals surface area contributed by atoms with Crippen molar-refractivity contribution < 1.29 is 42.1 Å². The van der Waals surface area contributed by atoms with Crippen LogP contribution in [0, 0.1) is 0 Å². The van der Waals surface area contributed by atoms with Gasteiger partial charge in [0.2, 0.25) is 0 Å². The zero-order valence-electron chi connectivity index (χ0n) is 53.8. The van der Waals surface area contributed by atoms with E-state index in [9.17, 15) is 19.0 Å². The Morgan fingerprint density at radius 1 is 0.388 bits per heavy atom. The van der Waals surface area contributed by atoms with E-state index in [1.165, 1.54) is 244 Å². The van der Waals surface area contributed by atoms with Crippen molar-refractivity contribution in [3.8, 4) is 0 Å². The van der Waals surface area contributed by atoms with Crippen LogP contribution in [0.1, 0.15) is 348 Å². The number of carbonyl (C=O) groups is 2. The molecule has 0 aromatic carbocycles. The number of allylic oxidation sites excluding steroid dienone is 6. The first-order valence-electron chi connectivity index (χ1n) is 34.7. The van der Waals surface area contributed by atoms with Gasteiger partial charge in [0.25, 0.3) is 0 Å². The fraction of sp³-hybridized carbons (Fsp3) is 0.886. The summed E-state index contributed by atoms with van der Waals surface area (Å²) in [7, 11) is 1.48. The first-order valence-corrected chi connectivity index (χ1v) is 36.2. The van der Waals surface area contributed by atoms with Crippen molar-refractivity contribution in [1.82, 2.24) is 0 Å². The molecule has 0 saturated carbocycles. The SMILES string of the molecule is CCCCC/C=C\C/C=C\C/C=C\CCCCCCCCC(=O)OC(COC(=O)CCCCCCCCCCCCCCCCCCCCCCCCCCCCCCCCCCCCCCC)COP(=O)(O)OCC[N+](C)(C)C. The Kier molecular flexibility index (Phi) is 60.4. The number of rotatable bonds is 65. The van der Waals surface area contributed by atoms with Crippen molar-refractivity contribution in [2.45, 2.75) is 354 Å². The molecule has 0 aliphatic carbocycles. The van der Waals surface area contributed by atoms with Gasteiger partial charge in [0.1, 0.15) is 19.8 Å². The van der Waals surface area contributed by atoms with Gasteiger partial charge in [-0.3, -0.25) is 18.6 Å². The molecular weight excluding hydrogens is 1010 g/mol. The molecule has 0 aliphatic rings. The first-order chi connectivity index (χ1) is 39.0. The lowest BCUT2D eigenvalue weighted by Gasteiger charge is -2.24. The summed E-state index contributed by atoms with van der Waals surface area (Å²) in [6.45, 7) is 4.45. The highest BCUT2D eigenvalue weighted by Crippen LogP contribution is 2.43.